The molecule has 3 N–H and O–H groups in total. The minimum absolute atomic E-state index is 0.0793. The van der Waals surface area contributed by atoms with E-state index in [4.69, 9.17) is 5.11 Å². The van der Waals surface area contributed by atoms with Crippen LogP contribution in [0.2, 0.25) is 0 Å². The van der Waals surface area contributed by atoms with Gasteiger partial charge in [-0.05, 0) is 19.3 Å². The maximum atomic E-state index is 11.8. The molecule has 1 fully saturated rings. The third kappa shape index (κ3) is 3.69. The monoisotopic (exact) mass is 281 g/mol. The zero-order valence-corrected chi connectivity index (χ0v) is 11.4. The average Bonchev–Trinajstić information content (AvgIpc) is 2.82. The van der Waals surface area contributed by atoms with Crippen LogP contribution in [0.5, 0.6) is 0 Å². The summed E-state index contributed by atoms with van der Waals surface area (Å²) >= 11 is 0. The molecule has 1 aliphatic rings. The number of carboxylic acids is 1. The Bertz CT molecular complexity index is 487. The summed E-state index contributed by atoms with van der Waals surface area (Å²) in [5.74, 6) is -0.476. The van der Waals surface area contributed by atoms with E-state index in [0.717, 1.165) is 12.8 Å². The number of nitrogens with one attached hydrogen (secondary N) is 2. The molecule has 0 aliphatic heterocycles. The van der Waals surface area contributed by atoms with E-state index in [1.165, 1.54) is 0 Å². The molecule has 2 amide bonds. The lowest BCUT2D eigenvalue weighted by Gasteiger charge is -2.27. The van der Waals surface area contributed by atoms with Crippen LogP contribution < -0.4 is 10.6 Å². The van der Waals surface area contributed by atoms with Crippen molar-refractivity contribution in [1.82, 2.24) is 25.4 Å². The van der Waals surface area contributed by atoms with Gasteiger partial charge in [-0.2, -0.15) is 0 Å². The van der Waals surface area contributed by atoms with Gasteiger partial charge in [-0.1, -0.05) is 6.42 Å². The summed E-state index contributed by atoms with van der Waals surface area (Å²) in [5, 5.41) is 22.1. The van der Waals surface area contributed by atoms with E-state index in [1.807, 2.05) is 0 Å². The van der Waals surface area contributed by atoms with Gasteiger partial charge in [-0.15, -0.1) is 10.2 Å². The predicted octanol–water partition coefficient (Wildman–Crippen LogP) is 0.258. The maximum absolute atomic E-state index is 11.8. The highest BCUT2D eigenvalue weighted by molar-refractivity contribution is 5.74. The lowest BCUT2D eigenvalue weighted by atomic mass is 9.86. The molecule has 0 aromatic carbocycles. The van der Waals surface area contributed by atoms with E-state index in [2.05, 4.69) is 20.8 Å². The van der Waals surface area contributed by atoms with Gasteiger partial charge in [0.05, 0.1) is 12.5 Å². The minimum Gasteiger partial charge on any atom is -0.481 e. The second-order valence-corrected chi connectivity index (χ2v) is 5.08. The molecule has 0 radical (unpaired) electrons. The lowest BCUT2D eigenvalue weighted by molar-refractivity contribution is -0.143. The molecule has 1 aromatic rings. The van der Waals surface area contributed by atoms with E-state index in [0.29, 0.717) is 18.7 Å². The van der Waals surface area contributed by atoms with Gasteiger partial charge in [-0.25, -0.2) is 4.79 Å². The highest BCUT2D eigenvalue weighted by atomic mass is 16.4. The molecule has 0 saturated heterocycles. The Balaban J connectivity index is 1.76. The molecule has 1 heterocycles. The summed E-state index contributed by atoms with van der Waals surface area (Å²) in [6, 6.07) is -0.381. The molecule has 0 bridgehead atoms. The third-order valence-corrected chi connectivity index (χ3v) is 3.57. The van der Waals surface area contributed by atoms with Crippen molar-refractivity contribution < 1.29 is 14.7 Å². The average molecular weight is 281 g/mol. The van der Waals surface area contributed by atoms with Gasteiger partial charge >= 0.3 is 12.0 Å². The van der Waals surface area contributed by atoms with Gasteiger partial charge in [0.1, 0.15) is 6.33 Å². The molecule has 110 valence electrons. The van der Waals surface area contributed by atoms with Crippen molar-refractivity contribution in [2.75, 3.05) is 0 Å². The molecule has 1 saturated carbocycles. The second kappa shape index (κ2) is 6.36. The molecule has 2 rings (SSSR count). The first-order valence-corrected chi connectivity index (χ1v) is 6.66. The SMILES string of the molecule is Cn1cnnc1CNC(=O)NC1CCCC(C(=O)O)C1. The van der Waals surface area contributed by atoms with Crippen LogP contribution in [0.3, 0.4) is 0 Å². The van der Waals surface area contributed by atoms with E-state index in [1.54, 1.807) is 17.9 Å². The number of carbonyl (C=O) groups excluding carboxylic acids is 1. The number of aryl methyl sites for hydroxylation is 1. The van der Waals surface area contributed by atoms with Crippen molar-refractivity contribution in [2.45, 2.75) is 38.3 Å². The van der Waals surface area contributed by atoms with E-state index < -0.39 is 5.97 Å². The summed E-state index contributed by atoms with van der Waals surface area (Å²) in [5.41, 5.74) is 0. The summed E-state index contributed by atoms with van der Waals surface area (Å²) in [6.45, 7) is 0.289. The number of rotatable bonds is 4. The number of carbonyl (C=O) groups is 2. The molecule has 1 aliphatic carbocycles. The molecule has 20 heavy (non-hydrogen) atoms. The fourth-order valence-electron chi connectivity index (χ4n) is 2.41. The smallest absolute Gasteiger partial charge is 0.315 e. The van der Waals surface area contributed by atoms with E-state index >= 15 is 0 Å². The largest absolute Gasteiger partial charge is 0.481 e. The van der Waals surface area contributed by atoms with Gasteiger partial charge < -0.3 is 20.3 Å². The molecule has 1 aromatic heterocycles. The standard InChI is InChI=1S/C12H19N5O3/c1-17-7-14-16-10(17)6-13-12(20)15-9-4-2-3-8(5-9)11(18)19/h7-9H,2-6H2,1H3,(H,18,19)(H2,13,15,20). The highest BCUT2D eigenvalue weighted by Gasteiger charge is 2.27. The number of urea groups is 1. The predicted molar refractivity (Wildman–Crippen MR) is 69.8 cm³/mol. The number of carboxylic acid groups (broad SMARTS) is 1. The van der Waals surface area contributed by atoms with Crippen molar-refractivity contribution in [1.29, 1.82) is 0 Å². The number of nitrogens with zero attached hydrogens (tertiary/aromatic N) is 3. The second-order valence-electron chi connectivity index (χ2n) is 5.08. The zero-order chi connectivity index (χ0) is 14.5. The summed E-state index contributed by atoms with van der Waals surface area (Å²) in [6.07, 6.45) is 4.39. The molecule has 2 unspecified atom stereocenters. The number of hydrogen-bond acceptors (Lipinski definition) is 4. The summed E-state index contributed by atoms with van der Waals surface area (Å²) in [7, 11) is 1.80. The Morgan fingerprint density at radius 1 is 1.50 bits per heavy atom. The fraction of sp³-hybridized carbons (Fsp3) is 0.667. The Morgan fingerprint density at radius 2 is 2.30 bits per heavy atom. The van der Waals surface area contributed by atoms with E-state index in [9.17, 15) is 9.59 Å². The van der Waals surface area contributed by atoms with Gasteiger partial charge in [0, 0.05) is 13.1 Å². The first-order chi connectivity index (χ1) is 9.56. The minimum atomic E-state index is -0.781. The number of aliphatic carboxylic acids is 1. The van der Waals surface area contributed by atoms with Crippen LogP contribution in [-0.2, 0) is 18.4 Å². The molecule has 2 atom stereocenters. The Morgan fingerprint density at radius 3 is 2.95 bits per heavy atom. The quantitative estimate of drug-likeness (QED) is 0.733. The molecular weight excluding hydrogens is 262 g/mol. The number of aromatic nitrogens is 3. The van der Waals surface area contributed by atoms with Crippen LogP contribution in [0.25, 0.3) is 0 Å². The number of hydrogen-bond donors (Lipinski definition) is 3. The third-order valence-electron chi connectivity index (χ3n) is 3.57. The van der Waals surface area contributed by atoms with Gasteiger partial charge in [0.2, 0.25) is 0 Å². The van der Waals surface area contributed by atoms with Gasteiger partial charge in [-0.3, -0.25) is 4.79 Å². The van der Waals surface area contributed by atoms with Crippen molar-refractivity contribution in [3.63, 3.8) is 0 Å². The molecular formula is C12H19N5O3. The molecule has 8 nitrogen and oxygen atoms in total. The first-order valence-electron chi connectivity index (χ1n) is 6.66. The summed E-state index contributed by atoms with van der Waals surface area (Å²) < 4.78 is 1.72. The van der Waals surface area contributed by atoms with Crippen molar-refractivity contribution in [2.24, 2.45) is 13.0 Å². The van der Waals surface area contributed by atoms with Crippen molar-refractivity contribution >= 4 is 12.0 Å². The van der Waals surface area contributed by atoms with Crippen LogP contribution >= 0.6 is 0 Å². The normalized spacial score (nSPS) is 22.2. The molecule has 0 spiro atoms. The van der Waals surface area contributed by atoms with Gasteiger partial charge in [0.25, 0.3) is 0 Å². The first kappa shape index (κ1) is 14.3. The van der Waals surface area contributed by atoms with Crippen molar-refractivity contribution in [3.05, 3.63) is 12.2 Å². The highest BCUT2D eigenvalue weighted by Crippen LogP contribution is 2.24. The number of amides is 2. The van der Waals surface area contributed by atoms with Crippen LogP contribution in [0, 0.1) is 5.92 Å². The maximum Gasteiger partial charge on any atom is 0.315 e. The zero-order valence-electron chi connectivity index (χ0n) is 11.4. The summed E-state index contributed by atoms with van der Waals surface area (Å²) in [4.78, 5) is 22.7. The van der Waals surface area contributed by atoms with Crippen molar-refractivity contribution in [3.8, 4) is 0 Å². The van der Waals surface area contributed by atoms with E-state index in [-0.39, 0.29) is 24.5 Å². The Hall–Kier alpha value is -2.12. The molecule has 8 heteroatoms. The van der Waals surface area contributed by atoms with Crippen LogP contribution in [0.15, 0.2) is 6.33 Å². The Kier molecular flexibility index (Phi) is 4.54. The topological polar surface area (TPSA) is 109 Å². The lowest BCUT2D eigenvalue weighted by Crippen LogP contribution is -2.44. The van der Waals surface area contributed by atoms with Crippen LogP contribution in [0.4, 0.5) is 4.79 Å². The van der Waals surface area contributed by atoms with Crippen LogP contribution in [-0.4, -0.2) is 37.9 Å². The fourth-order valence-corrected chi connectivity index (χ4v) is 2.41. The Labute approximate surface area is 116 Å². The van der Waals surface area contributed by atoms with Gasteiger partial charge in [0.15, 0.2) is 5.82 Å². The van der Waals surface area contributed by atoms with Crippen LogP contribution in [0.1, 0.15) is 31.5 Å².